The molecule has 0 aliphatic rings. The number of carbonyl (C=O) groups excluding carboxylic acids is 1. The van der Waals surface area contributed by atoms with Gasteiger partial charge in [-0.15, -0.1) is 0 Å². The third-order valence-corrected chi connectivity index (χ3v) is 4.62. The first-order valence-corrected chi connectivity index (χ1v) is 9.86. The van der Waals surface area contributed by atoms with Crippen LogP contribution >= 0.6 is 0 Å². The van der Waals surface area contributed by atoms with E-state index < -0.39 is 11.7 Å². The molecule has 0 heterocycles. The van der Waals surface area contributed by atoms with Gasteiger partial charge in [0.2, 0.25) is 0 Å². The number of nitrogens with one attached hydrogen (secondary N) is 2. The molecule has 31 heavy (non-hydrogen) atoms. The summed E-state index contributed by atoms with van der Waals surface area (Å²) in [5.41, 5.74) is -0.236. The summed E-state index contributed by atoms with van der Waals surface area (Å²) in [6.07, 6.45) is -3.66. The van der Waals surface area contributed by atoms with Gasteiger partial charge in [-0.05, 0) is 66.9 Å². The first-order valence-electron chi connectivity index (χ1n) is 9.86. The van der Waals surface area contributed by atoms with Crippen molar-refractivity contribution in [2.45, 2.75) is 12.6 Å². The van der Waals surface area contributed by atoms with Crippen LogP contribution < -0.4 is 15.4 Å². The standard InChI is InChI=1S/C23H23F3N2O3/c24-23(25,26)18-6-8-19(9-7-18)31-21-4-1-3-16-15-17(5-10-20(16)21)22(30)28-12-2-11-27-13-14-29/h1,3-10,15,27,29H,2,11-14H2,(H,28,30). The molecule has 5 nitrogen and oxygen atoms in total. The van der Waals surface area contributed by atoms with E-state index in [-0.39, 0.29) is 18.3 Å². The van der Waals surface area contributed by atoms with Gasteiger partial charge in [0.1, 0.15) is 11.5 Å². The zero-order valence-corrected chi connectivity index (χ0v) is 16.7. The minimum atomic E-state index is -4.40. The molecule has 0 atom stereocenters. The molecule has 0 aliphatic carbocycles. The van der Waals surface area contributed by atoms with Crippen molar-refractivity contribution in [3.05, 3.63) is 71.8 Å². The van der Waals surface area contributed by atoms with E-state index in [9.17, 15) is 18.0 Å². The van der Waals surface area contributed by atoms with Crippen LogP contribution in [0.2, 0.25) is 0 Å². The van der Waals surface area contributed by atoms with E-state index in [1.807, 2.05) is 6.07 Å². The van der Waals surface area contributed by atoms with Crippen LogP contribution in [0.15, 0.2) is 60.7 Å². The molecule has 0 unspecified atom stereocenters. The topological polar surface area (TPSA) is 70.6 Å². The van der Waals surface area contributed by atoms with Gasteiger partial charge in [0.15, 0.2) is 0 Å². The molecular formula is C23H23F3N2O3. The third kappa shape index (κ3) is 6.19. The number of alkyl halides is 3. The van der Waals surface area contributed by atoms with Gasteiger partial charge in [0.05, 0.1) is 12.2 Å². The Morgan fingerprint density at radius 1 is 0.968 bits per heavy atom. The summed E-state index contributed by atoms with van der Waals surface area (Å²) in [6, 6.07) is 15.0. The second-order valence-electron chi connectivity index (χ2n) is 6.90. The summed E-state index contributed by atoms with van der Waals surface area (Å²) in [6.45, 7) is 1.80. The van der Waals surface area contributed by atoms with E-state index >= 15 is 0 Å². The molecule has 0 saturated carbocycles. The van der Waals surface area contributed by atoms with Gasteiger partial charge in [-0.2, -0.15) is 13.2 Å². The SMILES string of the molecule is O=C(NCCCNCCO)c1ccc2c(Oc3ccc(C(F)(F)F)cc3)cccc2c1. The van der Waals surface area contributed by atoms with Crippen molar-refractivity contribution in [1.29, 1.82) is 0 Å². The van der Waals surface area contributed by atoms with E-state index in [0.717, 1.165) is 29.3 Å². The summed E-state index contributed by atoms with van der Waals surface area (Å²) in [5, 5.41) is 16.1. The summed E-state index contributed by atoms with van der Waals surface area (Å²) in [5.74, 6) is 0.578. The number of ether oxygens (including phenoxy) is 1. The van der Waals surface area contributed by atoms with Crippen LogP contribution in [0.3, 0.4) is 0 Å². The Morgan fingerprint density at radius 3 is 2.45 bits per heavy atom. The van der Waals surface area contributed by atoms with Crippen molar-refractivity contribution < 1.29 is 27.8 Å². The number of benzene rings is 3. The smallest absolute Gasteiger partial charge is 0.416 e. The molecule has 0 aromatic heterocycles. The molecule has 1 amide bonds. The number of hydrogen-bond donors (Lipinski definition) is 3. The maximum Gasteiger partial charge on any atom is 0.416 e. The first-order chi connectivity index (χ1) is 14.9. The molecule has 3 rings (SSSR count). The molecule has 0 spiro atoms. The van der Waals surface area contributed by atoms with Crippen molar-refractivity contribution in [2.75, 3.05) is 26.2 Å². The minimum Gasteiger partial charge on any atom is -0.457 e. The van der Waals surface area contributed by atoms with Gasteiger partial charge in [-0.25, -0.2) is 0 Å². The normalized spacial score (nSPS) is 11.5. The van der Waals surface area contributed by atoms with Crippen molar-refractivity contribution in [3.8, 4) is 11.5 Å². The summed E-state index contributed by atoms with van der Waals surface area (Å²) in [4.78, 5) is 12.4. The Bertz CT molecular complexity index is 1020. The Balaban J connectivity index is 1.68. The van der Waals surface area contributed by atoms with Gasteiger partial charge >= 0.3 is 6.18 Å². The fourth-order valence-corrected chi connectivity index (χ4v) is 3.04. The molecule has 0 fully saturated rings. The van der Waals surface area contributed by atoms with Crippen LogP contribution in [0.25, 0.3) is 10.8 Å². The minimum absolute atomic E-state index is 0.0774. The van der Waals surface area contributed by atoms with Crippen LogP contribution in [-0.4, -0.2) is 37.3 Å². The molecule has 0 radical (unpaired) electrons. The van der Waals surface area contributed by atoms with Crippen molar-refractivity contribution in [1.82, 2.24) is 10.6 Å². The quantitative estimate of drug-likeness (QED) is 0.440. The number of rotatable bonds is 9. The molecule has 0 bridgehead atoms. The number of hydrogen-bond acceptors (Lipinski definition) is 4. The van der Waals surface area contributed by atoms with Crippen LogP contribution in [-0.2, 0) is 6.18 Å². The number of amides is 1. The lowest BCUT2D eigenvalue weighted by Gasteiger charge is -2.12. The monoisotopic (exact) mass is 432 g/mol. The van der Waals surface area contributed by atoms with E-state index in [2.05, 4.69) is 10.6 Å². The summed E-state index contributed by atoms with van der Waals surface area (Å²) < 4.78 is 43.9. The summed E-state index contributed by atoms with van der Waals surface area (Å²) in [7, 11) is 0. The largest absolute Gasteiger partial charge is 0.457 e. The second-order valence-corrected chi connectivity index (χ2v) is 6.90. The Hall–Kier alpha value is -3.10. The molecule has 3 aromatic carbocycles. The Morgan fingerprint density at radius 2 is 1.74 bits per heavy atom. The lowest BCUT2D eigenvalue weighted by atomic mass is 10.1. The highest BCUT2D eigenvalue weighted by atomic mass is 19.4. The van der Waals surface area contributed by atoms with E-state index in [1.54, 1.807) is 30.3 Å². The van der Waals surface area contributed by atoms with Gasteiger partial charge in [0.25, 0.3) is 5.91 Å². The lowest BCUT2D eigenvalue weighted by molar-refractivity contribution is -0.137. The zero-order chi connectivity index (χ0) is 22.3. The number of carbonyl (C=O) groups is 1. The molecule has 8 heteroatoms. The molecule has 3 aromatic rings. The number of aliphatic hydroxyl groups excluding tert-OH is 1. The fourth-order valence-electron chi connectivity index (χ4n) is 3.04. The average molecular weight is 432 g/mol. The Kier molecular flexibility index (Phi) is 7.49. The Labute approximate surface area is 177 Å². The molecule has 0 saturated heterocycles. The van der Waals surface area contributed by atoms with Crippen molar-refractivity contribution >= 4 is 16.7 Å². The highest BCUT2D eigenvalue weighted by molar-refractivity contribution is 5.99. The molecule has 164 valence electrons. The van der Waals surface area contributed by atoms with Crippen LogP contribution in [0.5, 0.6) is 11.5 Å². The third-order valence-electron chi connectivity index (χ3n) is 4.62. The fraction of sp³-hybridized carbons (Fsp3) is 0.261. The van der Waals surface area contributed by atoms with Crippen LogP contribution in [0.4, 0.5) is 13.2 Å². The van der Waals surface area contributed by atoms with Crippen molar-refractivity contribution in [3.63, 3.8) is 0 Å². The highest BCUT2D eigenvalue weighted by Gasteiger charge is 2.30. The number of fused-ring (bicyclic) bond motifs is 1. The van der Waals surface area contributed by atoms with E-state index in [4.69, 9.17) is 9.84 Å². The van der Waals surface area contributed by atoms with E-state index in [0.29, 0.717) is 30.9 Å². The van der Waals surface area contributed by atoms with Crippen LogP contribution in [0, 0.1) is 0 Å². The van der Waals surface area contributed by atoms with Gasteiger partial charge in [-0.1, -0.05) is 12.1 Å². The second kappa shape index (κ2) is 10.3. The highest BCUT2D eigenvalue weighted by Crippen LogP contribution is 2.33. The number of aliphatic hydroxyl groups is 1. The predicted octanol–water partition coefficient (Wildman–Crippen LogP) is 4.35. The zero-order valence-electron chi connectivity index (χ0n) is 16.7. The van der Waals surface area contributed by atoms with Crippen molar-refractivity contribution in [2.24, 2.45) is 0 Å². The lowest BCUT2D eigenvalue weighted by Crippen LogP contribution is -2.28. The molecule has 0 aliphatic heterocycles. The van der Waals surface area contributed by atoms with Gasteiger partial charge in [0, 0.05) is 24.0 Å². The average Bonchev–Trinajstić information content (AvgIpc) is 2.75. The molecule has 3 N–H and O–H groups in total. The maximum atomic E-state index is 12.7. The van der Waals surface area contributed by atoms with Gasteiger partial charge in [-0.3, -0.25) is 4.79 Å². The molecular weight excluding hydrogens is 409 g/mol. The summed E-state index contributed by atoms with van der Waals surface area (Å²) >= 11 is 0. The van der Waals surface area contributed by atoms with E-state index in [1.165, 1.54) is 12.1 Å². The predicted molar refractivity (Wildman–Crippen MR) is 112 cm³/mol. The van der Waals surface area contributed by atoms with Gasteiger partial charge < -0.3 is 20.5 Å². The maximum absolute atomic E-state index is 12.7. The number of halogens is 3. The van der Waals surface area contributed by atoms with Crippen LogP contribution in [0.1, 0.15) is 22.3 Å². The first kappa shape index (κ1) is 22.6.